The van der Waals surface area contributed by atoms with Crippen LogP contribution < -0.4 is 26.2 Å². The summed E-state index contributed by atoms with van der Waals surface area (Å²) in [6.07, 6.45) is 0. The molecule has 0 bridgehead atoms. The molecule has 1 aromatic heterocycles. The standard InChI is InChI=1S/C58H59BN2S/c1-55(2,3)37-22-28-42(29-23-37)60-48-31-25-38(56(4,5)6)32-47(48)59-46-30-24-39(57(7,8)9)33-49(46)61(51-35-40(58(10,11)12)34-50(60)53(51)59)41-26-20-36(21-27-41)43-17-15-18-45-44-16-13-14-19-52(44)62-54(43)45/h13-35H,1-12H3. The van der Waals surface area contributed by atoms with E-state index in [-0.39, 0.29) is 28.4 Å². The molecule has 10 rings (SSSR count). The van der Waals surface area contributed by atoms with Crippen molar-refractivity contribution in [1.29, 1.82) is 0 Å². The van der Waals surface area contributed by atoms with Crippen molar-refractivity contribution in [2.45, 2.75) is 105 Å². The Morgan fingerprint density at radius 1 is 0.403 bits per heavy atom. The van der Waals surface area contributed by atoms with Crippen LogP contribution in [-0.2, 0) is 21.7 Å². The average molecular weight is 827 g/mol. The van der Waals surface area contributed by atoms with Gasteiger partial charge in [0.15, 0.2) is 0 Å². The highest BCUT2D eigenvalue weighted by Crippen LogP contribution is 2.48. The van der Waals surface area contributed by atoms with Gasteiger partial charge >= 0.3 is 0 Å². The molecule has 2 aliphatic rings. The van der Waals surface area contributed by atoms with Gasteiger partial charge in [0.25, 0.3) is 6.71 Å². The summed E-state index contributed by atoms with van der Waals surface area (Å²) in [7, 11) is 0. The van der Waals surface area contributed by atoms with Gasteiger partial charge in [-0.05, 0) is 126 Å². The maximum Gasteiger partial charge on any atom is 0.252 e. The number of benzene rings is 7. The number of hydrogen-bond acceptors (Lipinski definition) is 3. The van der Waals surface area contributed by atoms with Crippen LogP contribution in [0.1, 0.15) is 105 Å². The third-order valence-corrected chi connectivity index (χ3v) is 14.7. The number of thiophene rings is 1. The number of rotatable bonds is 3. The van der Waals surface area contributed by atoms with Gasteiger partial charge in [-0.2, -0.15) is 0 Å². The zero-order valence-electron chi connectivity index (χ0n) is 38.7. The van der Waals surface area contributed by atoms with Gasteiger partial charge in [-0.25, -0.2) is 0 Å². The summed E-state index contributed by atoms with van der Waals surface area (Å²) in [4.78, 5) is 5.17. The Hall–Kier alpha value is -5.58. The van der Waals surface area contributed by atoms with E-state index in [1.165, 1.54) is 104 Å². The van der Waals surface area contributed by atoms with Gasteiger partial charge in [-0.3, -0.25) is 0 Å². The molecule has 0 amide bonds. The summed E-state index contributed by atoms with van der Waals surface area (Å²) >= 11 is 1.90. The summed E-state index contributed by atoms with van der Waals surface area (Å²) in [5.74, 6) is 0. The fourth-order valence-corrected chi connectivity index (χ4v) is 11.0. The maximum atomic E-state index is 2.60. The molecule has 0 unspecified atom stereocenters. The highest BCUT2D eigenvalue weighted by atomic mass is 32.1. The lowest BCUT2D eigenvalue weighted by Gasteiger charge is -2.45. The molecule has 0 saturated heterocycles. The van der Waals surface area contributed by atoms with Crippen LogP contribution in [0.4, 0.5) is 34.1 Å². The molecule has 0 saturated carbocycles. The Morgan fingerprint density at radius 3 is 1.55 bits per heavy atom. The second-order valence-corrected chi connectivity index (χ2v) is 23.0. The van der Waals surface area contributed by atoms with Crippen LogP contribution >= 0.6 is 11.3 Å². The quantitative estimate of drug-likeness (QED) is 0.164. The highest BCUT2D eigenvalue weighted by Gasteiger charge is 2.45. The Bertz CT molecular complexity index is 3050. The summed E-state index contributed by atoms with van der Waals surface area (Å²) in [6, 6.07) is 54.0. The number of anilines is 6. The van der Waals surface area contributed by atoms with E-state index in [1.54, 1.807) is 0 Å². The fourth-order valence-electron chi connectivity index (χ4n) is 9.80. The Kier molecular flexibility index (Phi) is 9.12. The molecule has 62 heavy (non-hydrogen) atoms. The molecule has 3 heterocycles. The number of fused-ring (bicyclic) bond motifs is 7. The predicted octanol–water partition coefficient (Wildman–Crippen LogP) is 15.0. The van der Waals surface area contributed by atoms with Gasteiger partial charge < -0.3 is 9.80 Å². The van der Waals surface area contributed by atoms with E-state index in [0.29, 0.717) is 0 Å². The lowest BCUT2D eigenvalue weighted by Crippen LogP contribution is -2.61. The summed E-state index contributed by atoms with van der Waals surface area (Å²) in [5.41, 5.74) is 19.3. The molecular formula is C58H59BN2S. The van der Waals surface area contributed by atoms with Crippen molar-refractivity contribution >= 4 is 88.7 Å². The smallest absolute Gasteiger partial charge is 0.252 e. The molecule has 0 spiro atoms. The summed E-state index contributed by atoms with van der Waals surface area (Å²) in [6.45, 7) is 28.1. The van der Waals surface area contributed by atoms with E-state index in [1.807, 2.05) is 11.3 Å². The first-order valence-corrected chi connectivity index (χ1v) is 23.3. The molecule has 4 heteroatoms. The second-order valence-electron chi connectivity index (χ2n) is 22.0. The monoisotopic (exact) mass is 826 g/mol. The zero-order chi connectivity index (χ0) is 43.7. The molecule has 0 atom stereocenters. The molecule has 0 aliphatic carbocycles. The first-order valence-electron chi connectivity index (χ1n) is 22.5. The molecule has 8 aromatic rings. The van der Waals surface area contributed by atoms with E-state index < -0.39 is 0 Å². The molecule has 0 N–H and O–H groups in total. The van der Waals surface area contributed by atoms with Crippen molar-refractivity contribution in [3.8, 4) is 11.1 Å². The molecule has 0 fully saturated rings. The summed E-state index contributed by atoms with van der Waals surface area (Å²) < 4.78 is 2.68. The van der Waals surface area contributed by atoms with Crippen molar-refractivity contribution in [2.24, 2.45) is 0 Å². The minimum absolute atomic E-state index is 0.00501. The highest BCUT2D eigenvalue weighted by molar-refractivity contribution is 7.26. The van der Waals surface area contributed by atoms with Crippen LogP contribution in [0.3, 0.4) is 0 Å². The molecule has 2 aliphatic heterocycles. The van der Waals surface area contributed by atoms with Gasteiger partial charge in [-0.15, -0.1) is 11.3 Å². The zero-order valence-corrected chi connectivity index (χ0v) is 39.5. The lowest BCUT2D eigenvalue weighted by molar-refractivity contribution is 0.589. The third-order valence-electron chi connectivity index (χ3n) is 13.5. The largest absolute Gasteiger partial charge is 0.311 e. The Morgan fingerprint density at radius 2 is 0.919 bits per heavy atom. The van der Waals surface area contributed by atoms with Gasteiger partial charge in [0.1, 0.15) is 0 Å². The van der Waals surface area contributed by atoms with Crippen LogP contribution in [-0.4, -0.2) is 6.71 Å². The normalized spacial score (nSPS) is 14.0. The van der Waals surface area contributed by atoms with E-state index in [0.717, 1.165) is 0 Å². The second kappa shape index (κ2) is 14.0. The number of nitrogens with zero attached hydrogens (tertiary/aromatic N) is 2. The third kappa shape index (κ3) is 6.60. The molecular weight excluding hydrogens is 768 g/mol. The van der Waals surface area contributed by atoms with E-state index >= 15 is 0 Å². The number of hydrogen-bond donors (Lipinski definition) is 0. The van der Waals surface area contributed by atoms with E-state index in [2.05, 4.69) is 232 Å². The molecule has 7 aromatic carbocycles. The van der Waals surface area contributed by atoms with Gasteiger partial charge in [-0.1, -0.05) is 168 Å². The topological polar surface area (TPSA) is 6.48 Å². The SMILES string of the molecule is CC(C)(C)c1ccc(N2c3ccc(C(C)(C)C)cc3B3c4ccc(C(C)(C)C)cc4N(c4ccc(-c5cccc6c5sc5ccccc56)cc4)c4cc(C(C)(C)C)cc2c43)cc1. The van der Waals surface area contributed by atoms with Crippen molar-refractivity contribution in [2.75, 3.05) is 9.80 Å². The molecule has 2 nitrogen and oxygen atoms in total. The lowest BCUT2D eigenvalue weighted by atomic mass is 9.33. The first kappa shape index (κ1) is 40.5. The minimum atomic E-state index is -0.0921. The van der Waals surface area contributed by atoms with Crippen molar-refractivity contribution in [3.05, 3.63) is 162 Å². The van der Waals surface area contributed by atoms with Crippen LogP contribution in [0, 0.1) is 0 Å². The average Bonchev–Trinajstić information content (AvgIpc) is 3.61. The fraction of sp³-hybridized carbons (Fsp3) is 0.276. The first-order chi connectivity index (χ1) is 29.3. The predicted molar refractivity (Wildman–Crippen MR) is 274 cm³/mol. The van der Waals surface area contributed by atoms with Crippen molar-refractivity contribution < 1.29 is 0 Å². The van der Waals surface area contributed by atoms with Crippen molar-refractivity contribution in [3.63, 3.8) is 0 Å². The van der Waals surface area contributed by atoms with Crippen molar-refractivity contribution in [1.82, 2.24) is 0 Å². The summed E-state index contributed by atoms with van der Waals surface area (Å²) in [5, 5.41) is 2.66. The van der Waals surface area contributed by atoms with Crippen LogP contribution in [0.2, 0.25) is 0 Å². The maximum absolute atomic E-state index is 2.60. The van der Waals surface area contributed by atoms with E-state index in [9.17, 15) is 0 Å². The van der Waals surface area contributed by atoms with Gasteiger partial charge in [0.05, 0.1) is 0 Å². The minimum Gasteiger partial charge on any atom is -0.311 e. The van der Waals surface area contributed by atoms with Gasteiger partial charge in [0.2, 0.25) is 0 Å². The van der Waals surface area contributed by atoms with E-state index in [4.69, 9.17) is 0 Å². The van der Waals surface area contributed by atoms with Crippen LogP contribution in [0.15, 0.2) is 140 Å². The molecule has 310 valence electrons. The Labute approximate surface area is 374 Å². The van der Waals surface area contributed by atoms with Crippen LogP contribution in [0.5, 0.6) is 0 Å². The van der Waals surface area contributed by atoms with Gasteiger partial charge in [0, 0.05) is 54.3 Å². The molecule has 0 radical (unpaired) electrons. The van der Waals surface area contributed by atoms with Crippen LogP contribution in [0.25, 0.3) is 31.3 Å². The Balaban J connectivity index is 1.24.